The molecule has 0 unspecified atom stereocenters. The van der Waals surface area contributed by atoms with E-state index in [4.69, 9.17) is 16.3 Å². The Kier molecular flexibility index (Phi) is 6.38. The van der Waals surface area contributed by atoms with E-state index in [2.05, 4.69) is 0 Å². The molecule has 28 heavy (non-hydrogen) atoms. The van der Waals surface area contributed by atoms with Crippen molar-refractivity contribution in [1.29, 1.82) is 0 Å². The van der Waals surface area contributed by atoms with Gasteiger partial charge in [0.2, 0.25) is 0 Å². The Bertz CT molecular complexity index is 844. The van der Waals surface area contributed by atoms with Gasteiger partial charge in [-0.15, -0.1) is 0 Å². The molecule has 1 aliphatic rings. The summed E-state index contributed by atoms with van der Waals surface area (Å²) in [6.45, 7) is -0.728. The average Bonchev–Trinajstić information content (AvgIpc) is 2.58. The molecule has 1 N–H and O–H groups in total. The Labute approximate surface area is 163 Å². The fourth-order valence-electron chi connectivity index (χ4n) is 2.65. The lowest BCUT2D eigenvalue weighted by Crippen LogP contribution is -2.28. The summed E-state index contributed by atoms with van der Waals surface area (Å²) >= 11 is 5.84. The molecule has 1 aromatic carbocycles. The van der Waals surface area contributed by atoms with Gasteiger partial charge in [-0.2, -0.15) is 13.2 Å². The Hall–Kier alpha value is -2.55. The van der Waals surface area contributed by atoms with Crippen LogP contribution >= 0.6 is 11.6 Å². The van der Waals surface area contributed by atoms with E-state index in [0.29, 0.717) is 0 Å². The van der Waals surface area contributed by atoms with Crippen LogP contribution in [0.3, 0.4) is 0 Å². The molecule has 0 aromatic heterocycles. The number of hydrogen-bond donors (Lipinski definition) is 1. The Morgan fingerprint density at radius 1 is 1.21 bits per heavy atom. The predicted octanol–water partition coefficient (Wildman–Crippen LogP) is 3.42. The van der Waals surface area contributed by atoms with Crippen LogP contribution in [-0.2, 0) is 20.6 Å². The van der Waals surface area contributed by atoms with Gasteiger partial charge in [-0.1, -0.05) is 11.6 Å². The number of benzene rings is 1. The summed E-state index contributed by atoms with van der Waals surface area (Å²) < 4.78 is 46.3. The molecule has 1 saturated carbocycles. The molecule has 0 aliphatic heterocycles. The number of hydrogen-bond acceptors (Lipinski definition) is 5. The summed E-state index contributed by atoms with van der Waals surface area (Å²) in [5.74, 6) is -4.04. The van der Waals surface area contributed by atoms with E-state index in [-0.39, 0.29) is 19.3 Å². The fraction of sp³-hybridized carbons (Fsp3) is 0.389. The number of alkyl halides is 3. The minimum Gasteiger partial charge on any atom is -0.506 e. The molecule has 1 aromatic rings. The zero-order valence-corrected chi connectivity index (χ0v) is 15.8. The van der Waals surface area contributed by atoms with Gasteiger partial charge in [0.25, 0.3) is 5.91 Å². The largest absolute Gasteiger partial charge is 0.506 e. The molecule has 0 bridgehead atoms. The lowest BCUT2D eigenvalue weighted by atomic mass is 9.88. The van der Waals surface area contributed by atoms with Gasteiger partial charge < -0.3 is 14.7 Å². The molecule has 0 atom stereocenters. The van der Waals surface area contributed by atoms with Crippen LogP contribution < -0.4 is 4.74 Å². The van der Waals surface area contributed by atoms with Gasteiger partial charge in [0, 0.05) is 32.5 Å². The normalized spacial score (nSPS) is 14.9. The van der Waals surface area contributed by atoms with Crippen LogP contribution in [-0.4, -0.2) is 48.2 Å². The topological polar surface area (TPSA) is 83.9 Å². The fourth-order valence-corrected chi connectivity index (χ4v) is 2.87. The number of nitrogens with zero attached hydrogens (tertiary/aromatic N) is 1. The summed E-state index contributed by atoms with van der Waals surface area (Å²) in [5, 5.41) is 9.93. The number of ether oxygens (including phenoxy) is 1. The van der Waals surface area contributed by atoms with Gasteiger partial charge in [-0.3, -0.25) is 14.4 Å². The van der Waals surface area contributed by atoms with Crippen molar-refractivity contribution < 1.29 is 37.4 Å². The third-order valence-electron chi connectivity index (χ3n) is 4.09. The van der Waals surface area contributed by atoms with Crippen molar-refractivity contribution in [3.05, 3.63) is 33.9 Å². The van der Waals surface area contributed by atoms with E-state index in [0.717, 1.165) is 17.0 Å². The predicted molar refractivity (Wildman–Crippen MR) is 94.1 cm³/mol. The molecule has 0 saturated heterocycles. The number of aliphatic hydroxyl groups excluding tert-OH is 1. The zero-order valence-electron chi connectivity index (χ0n) is 15.0. The molecule has 1 fully saturated rings. The maximum absolute atomic E-state index is 13.8. The van der Waals surface area contributed by atoms with Crippen LogP contribution in [0.25, 0.3) is 5.76 Å². The zero-order chi connectivity index (χ0) is 21.2. The molecule has 10 heteroatoms. The van der Waals surface area contributed by atoms with Crippen LogP contribution in [0.15, 0.2) is 17.7 Å². The van der Waals surface area contributed by atoms with Crippen molar-refractivity contribution in [2.24, 2.45) is 0 Å². The van der Waals surface area contributed by atoms with E-state index in [9.17, 15) is 32.7 Å². The highest BCUT2D eigenvalue weighted by atomic mass is 35.5. The van der Waals surface area contributed by atoms with Gasteiger partial charge in [-0.25, -0.2) is 0 Å². The van der Waals surface area contributed by atoms with Crippen LogP contribution in [0.1, 0.15) is 30.4 Å². The first kappa shape index (κ1) is 21.7. The van der Waals surface area contributed by atoms with Gasteiger partial charge in [-0.05, 0) is 18.6 Å². The molecule has 1 amide bonds. The van der Waals surface area contributed by atoms with Gasteiger partial charge in [0.05, 0.1) is 5.02 Å². The Morgan fingerprint density at radius 3 is 2.29 bits per heavy atom. The first-order valence-electron chi connectivity index (χ1n) is 8.17. The second-order valence-electron chi connectivity index (χ2n) is 6.30. The quantitative estimate of drug-likeness (QED) is 0.459. The molecular formula is C18H17ClF3NO5. The number of likely N-dealkylation sites (N-methyl/N-ethyl adjacent to an activating group) is 1. The molecule has 0 spiro atoms. The number of rotatable bonds is 4. The summed E-state index contributed by atoms with van der Waals surface area (Å²) in [4.78, 5) is 36.8. The maximum atomic E-state index is 13.8. The van der Waals surface area contributed by atoms with Crippen molar-refractivity contribution in [3.8, 4) is 5.75 Å². The van der Waals surface area contributed by atoms with Crippen molar-refractivity contribution >= 4 is 34.8 Å². The highest BCUT2D eigenvalue weighted by molar-refractivity contribution is 6.32. The van der Waals surface area contributed by atoms with E-state index in [1.54, 1.807) is 0 Å². The van der Waals surface area contributed by atoms with E-state index < -0.39 is 63.5 Å². The van der Waals surface area contributed by atoms with Crippen molar-refractivity contribution in [2.75, 3.05) is 20.7 Å². The number of carbonyl (C=O) groups is 3. The second-order valence-corrected chi connectivity index (χ2v) is 6.70. The van der Waals surface area contributed by atoms with E-state index >= 15 is 0 Å². The van der Waals surface area contributed by atoms with Crippen molar-refractivity contribution in [1.82, 2.24) is 4.90 Å². The SMILES string of the molecule is CN(C)C(=O)COc1c(Cl)ccc(C(O)=C2C(=O)CCCC2=O)c1C(F)(F)F. The van der Waals surface area contributed by atoms with Crippen LogP contribution in [0.5, 0.6) is 5.75 Å². The number of amides is 1. The Balaban J connectivity index is 2.65. The number of carbonyl (C=O) groups excluding carboxylic acids is 3. The molecular weight excluding hydrogens is 403 g/mol. The van der Waals surface area contributed by atoms with Crippen LogP contribution in [0.4, 0.5) is 13.2 Å². The molecule has 0 radical (unpaired) electrons. The number of ketones is 2. The molecule has 2 rings (SSSR count). The van der Waals surface area contributed by atoms with Gasteiger partial charge in [0.1, 0.15) is 16.9 Å². The average molecular weight is 420 g/mol. The summed E-state index contributed by atoms with van der Waals surface area (Å²) in [5.41, 5.74) is -2.96. The highest BCUT2D eigenvalue weighted by Gasteiger charge is 2.41. The van der Waals surface area contributed by atoms with E-state index in [1.165, 1.54) is 14.1 Å². The highest BCUT2D eigenvalue weighted by Crippen LogP contribution is 2.45. The number of aliphatic hydroxyl groups is 1. The second kappa shape index (κ2) is 8.22. The first-order valence-corrected chi connectivity index (χ1v) is 8.55. The van der Waals surface area contributed by atoms with Crippen molar-refractivity contribution in [2.45, 2.75) is 25.4 Å². The number of allylic oxidation sites excluding steroid dienone is 1. The maximum Gasteiger partial charge on any atom is 0.420 e. The van der Waals surface area contributed by atoms with Crippen LogP contribution in [0.2, 0.25) is 5.02 Å². The minimum atomic E-state index is -5.05. The van der Waals surface area contributed by atoms with Gasteiger partial charge in [0.15, 0.2) is 23.9 Å². The molecule has 0 heterocycles. The van der Waals surface area contributed by atoms with E-state index in [1.807, 2.05) is 0 Å². The first-order chi connectivity index (χ1) is 12.9. The summed E-state index contributed by atoms with van der Waals surface area (Å²) in [6, 6.07) is 1.87. The third-order valence-corrected chi connectivity index (χ3v) is 4.39. The van der Waals surface area contributed by atoms with Gasteiger partial charge >= 0.3 is 6.18 Å². The molecule has 152 valence electrons. The third kappa shape index (κ3) is 4.46. The van der Waals surface area contributed by atoms with Crippen LogP contribution in [0, 0.1) is 0 Å². The standard InChI is InChI=1S/C18H17ClF3NO5/c1-23(2)13(26)8-28-17-10(19)7-6-9(15(17)18(20,21)22)16(27)14-11(24)4-3-5-12(14)25/h6-7,27H,3-5,8H2,1-2H3. The monoisotopic (exact) mass is 419 g/mol. The van der Waals surface area contributed by atoms with Crippen molar-refractivity contribution in [3.63, 3.8) is 0 Å². The molecule has 1 aliphatic carbocycles. The minimum absolute atomic E-state index is 0.0548. The molecule has 6 nitrogen and oxygen atoms in total. The number of halogens is 4. The Morgan fingerprint density at radius 2 is 1.79 bits per heavy atom. The lowest BCUT2D eigenvalue weighted by molar-refractivity contribution is -0.140. The smallest absolute Gasteiger partial charge is 0.420 e. The number of Topliss-reactive ketones (excluding diaryl/α,β-unsaturated/α-hetero) is 2. The lowest BCUT2D eigenvalue weighted by Gasteiger charge is -2.21. The summed E-state index contributed by atoms with van der Waals surface area (Å²) in [7, 11) is 2.79. The summed E-state index contributed by atoms with van der Waals surface area (Å²) in [6.07, 6.45) is -4.89.